The maximum atomic E-state index is 2.50. The molecule has 4 heterocycles. The summed E-state index contributed by atoms with van der Waals surface area (Å²) in [6, 6.07) is 14.7. The van der Waals surface area contributed by atoms with E-state index in [2.05, 4.69) is 95.6 Å². The number of unbranched alkanes of at least 4 members (excludes halogenated alkanes) is 22. The molecule has 0 aliphatic heterocycles. The Morgan fingerprint density at radius 2 is 0.620 bits per heavy atom. The fraction of sp³-hybridized carbons (Fsp3) is 0.609. The lowest BCUT2D eigenvalue weighted by atomic mass is 10.0. The smallest absolute Gasteiger partial charge is 0.0543 e. The molecule has 0 atom stereocenters. The third-order valence-corrected chi connectivity index (χ3v) is 16.4. The molecular formula is C46H64S4. The third-order valence-electron chi connectivity index (χ3n) is 11.0. The Hall–Kier alpha value is -1.46. The van der Waals surface area contributed by atoms with Gasteiger partial charge in [0, 0.05) is 20.5 Å². The van der Waals surface area contributed by atoms with Gasteiger partial charge < -0.3 is 0 Å². The van der Waals surface area contributed by atoms with Crippen molar-refractivity contribution in [3.63, 3.8) is 0 Å². The van der Waals surface area contributed by atoms with Crippen LogP contribution < -0.4 is 0 Å². The zero-order valence-corrected chi connectivity index (χ0v) is 34.7. The van der Waals surface area contributed by atoms with Crippen LogP contribution in [0, 0.1) is 0 Å². The molecule has 0 aliphatic carbocycles. The Morgan fingerprint density at radius 3 is 0.960 bits per heavy atom. The van der Waals surface area contributed by atoms with Crippen molar-refractivity contribution in [3.05, 3.63) is 46.2 Å². The van der Waals surface area contributed by atoms with E-state index in [0.29, 0.717) is 0 Å². The SMILES string of the molecule is CCCCCCCCCCCCCCc1cc2ccc3c(sc4c5ccc6cc(CCCCCCCCCCCCCC)sc6c5sc34)c2s1. The van der Waals surface area contributed by atoms with Gasteiger partial charge in [0.05, 0.1) is 28.2 Å². The molecule has 0 fully saturated rings. The van der Waals surface area contributed by atoms with Gasteiger partial charge in [-0.3, -0.25) is 0 Å². The maximum absolute atomic E-state index is 2.50. The molecule has 272 valence electrons. The Balaban J connectivity index is 0.980. The first kappa shape index (κ1) is 38.3. The van der Waals surface area contributed by atoms with Crippen molar-refractivity contribution in [1.29, 1.82) is 0 Å². The molecule has 4 aromatic heterocycles. The lowest BCUT2D eigenvalue weighted by Gasteiger charge is -2.02. The summed E-state index contributed by atoms with van der Waals surface area (Å²) in [6.45, 7) is 4.61. The van der Waals surface area contributed by atoms with Crippen LogP contribution in [-0.4, -0.2) is 0 Å². The summed E-state index contributed by atoms with van der Waals surface area (Å²) < 4.78 is 9.13. The molecule has 0 N–H and O–H groups in total. The fourth-order valence-electron chi connectivity index (χ4n) is 8.00. The van der Waals surface area contributed by atoms with Crippen LogP contribution in [0.15, 0.2) is 36.4 Å². The van der Waals surface area contributed by atoms with Gasteiger partial charge in [-0.05, 0) is 48.6 Å². The van der Waals surface area contributed by atoms with E-state index in [4.69, 9.17) is 0 Å². The predicted molar refractivity (Wildman–Crippen MR) is 235 cm³/mol. The van der Waals surface area contributed by atoms with Gasteiger partial charge in [0.1, 0.15) is 0 Å². The molecule has 6 aromatic rings. The van der Waals surface area contributed by atoms with E-state index in [0.717, 1.165) is 0 Å². The van der Waals surface area contributed by atoms with Crippen molar-refractivity contribution in [2.75, 3.05) is 0 Å². The van der Waals surface area contributed by atoms with E-state index in [1.54, 1.807) is 9.75 Å². The van der Waals surface area contributed by atoms with Crippen molar-refractivity contribution in [2.45, 2.75) is 181 Å². The van der Waals surface area contributed by atoms with Gasteiger partial charge in [-0.25, -0.2) is 0 Å². The largest absolute Gasteiger partial charge is 0.139 e. The molecule has 2 aromatic carbocycles. The Morgan fingerprint density at radius 1 is 0.320 bits per heavy atom. The number of fused-ring (bicyclic) bond motifs is 9. The van der Waals surface area contributed by atoms with Gasteiger partial charge >= 0.3 is 0 Å². The Kier molecular flexibility index (Phi) is 15.8. The molecule has 0 saturated carbocycles. The highest BCUT2D eigenvalue weighted by molar-refractivity contribution is 7.39. The molecule has 0 aliphatic rings. The molecule has 0 radical (unpaired) electrons. The number of rotatable bonds is 26. The second-order valence-electron chi connectivity index (χ2n) is 15.3. The average molecular weight is 745 g/mol. The molecule has 0 saturated heterocycles. The van der Waals surface area contributed by atoms with Gasteiger partial charge in [0.2, 0.25) is 0 Å². The molecule has 0 bridgehead atoms. The van der Waals surface area contributed by atoms with Crippen LogP contribution in [0.4, 0.5) is 0 Å². The van der Waals surface area contributed by atoms with Gasteiger partial charge in [-0.15, -0.1) is 45.3 Å². The molecule has 0 spiro atoms. The van der Waals surface area contributed by atoms with Crippen LogP contribution in [-0.2, 0) is 12.8 Å². The molecule has 50 heavy (non-hydrogen) atoms. The summed E-state index contributed by atoms with van der Waals surface area (Å²) in [4.78, 5) is 3.17. The molecule has 0 nitrogen and oxygen atoms in total. The second-order valence-corrected chi connectivity index (χ2v) is 19.6. The summed E-state index contributed by atoms with van der Waals surface area (Å²) in [5, 5.41) is 5.88. The van der Waals surface area contributed by atoms with Crippen LogP contribution in [0.1, 0.15) is 178 Å². The topological polar surface area (TPSA) is 0 Å². The highest BCUT2D eigenvalue weighted by atomic mass is 32.1. The third kappa shape index (κ3) is 10.4. The van der Waals surface area contributed by atoms with Crippen LogP contribution in [0.2, 0.25) is 0 Å². The minimum atomic E-state index is 1.25. The van der Waals surface area contributed by atoms with E-state index in [-0.39, 0.29) is 0 Å². The maximum Gasteiger partial charge on any atom is 0.0543 e. The molecule has 0 amide bonds. The molecular weight excluding hydrogens is 681 g/mol. The zero-order chi connectivity index (χ0) is 34.4. The summed E-state index contributed by atoms with van der Waals surface area (Å²) in [5.74, 6) is 0. The summed E-state index contributed by atoms with van der Waals surface area (Å²) >= 11 is 8.27. The number of hydrogen-bond donors (Lipinski definition) is 0. The monoisotopic (exact) mass is 744 g/mol. The van der Waals surface area contributed by atoms with E-state index in [1.165, 1.54) is 217 Å². The quantitative estimate of drug-likeness (QED) is 0.0485. The summed E-state index contributed by atoms with van der Waals surface area (Å²) in [5.41, 5.74) is 0. The Bertz CT molecular complexity index is 1720. The highest BCUT2D eigenvalue weighted by Crippen LogP contribution is 2.50. The number of thiophene rings is 4. The highest BCUT2D eigenvalue weighted by Gasteiger charge is 2.18. The van der Waals surface area contributed by atoms with Crippen LogP contribution >= 0.6 is 45.3 Å². The van der Waals surface area contributed by atoms with E-state index < -0.39 is 0 Å². The summed E-state index contributed by atoms with van der Waals surface area (Å²) in [7, 11) is 0. The average Bonchev–Trinajstić information content (AvgIpc) is 3.90. The molecule has 6 rings (SSSR count). The lowest BCUT2D eigenvalue weighted by molar-refractivity contribution is 0.544. The predicted octanol–water partition coefficient (Wildman–Crippen LogP) is 18.2. The van der Waals surface area contributed by atoms with Gasteiger partial charge in [0.15, 0.2) is 0 Å². The van der Waals surface area contributed by atoms with Crippen LogP contribution in [0.5, 0.6) is 0 Å². The minimum absolute atomic E-state index is 1.25. The first-order valence-corrected chi connectivity index (χ1v) is 24.2. The fourth-order valence-corrected chi connectivity index (χ4v) is 13.5. The zero-order valence-electron chi connectivity index (χ0n) is 31.5. The van der Waals surface area contributed by atoms with Gasteiger partial charge in [-0.1, -0.05) is 179 Å². The van der Waals surface area contributed by atoms with Crippen LogP contribution in [0.3, 0.4) is 0 Å². The van der Waals surface area contributed by atoms with Gasteiger partial charge in [-0.2, -0.15) is 0 Å². The van der Waals surface area contributed by atoms with E-state index >= 15 is 0 Å². The molecule has 4 heteroatoms. The number of aryl methyl sites for hydroxylation is 2. The first-order valence-electron chi connectivity index (χ1n) is 21.0. The van der Waals surface area contributed by atoms with Crippen molar-refractivity contribution < 1.29 is 0 Å². The van der Waals surface area contributed by atoms with Crippen molar-refractivity contribution >= 4 is 95.1 Å². The van der Waals surface area contributed by atoms with E-state index in [1.807, 2.05) is 0 Å². The summed E-state index contributed by atoms with van der Waals surface area (Å²) in [6.07, 6.45) is 36.6. The second kappa shape index (κ2) is 20.7. The standard InChI is InChI=1S/C46H64S4/c1-3-5-7-9-11-13-15-17-19-21-23-25-27-37-33-35-29-31-39-43(41(35)47-37)49-46-40-32-30-36-34-38(48-42(36)44(40)50-45(39)46)28-26-24-22-20-18-16-14-12-10-8-6-4-2/h29-34H,3-28H2,1-2H3. The van der Waals surface area contributed by atoms with Crippen LogP contribution in [0.25, 0.3) is 49.7 Å². The molecule has 0 unspecified atom stereocenters. The minimum Gasteiger partial charge on any atom is -0.139 e. The normalized spacial score (nSPS) is 12.3. The van der Waals surface area contributed by atoms with Crippen molar-refractivity contribution in [2.24, 2.45) is 0 Å². The first-order chi connectivity index (χ1) is 24.8. The Labute approximate surface area is 320 Å². The van der Waals surface area contributed by atoms with Crippen molar-refractivity contribution in [1.82, 2.24) is 0 Å². The number of hydrogen-bond acceptors (Lipinski definition) is 4. The lowest BCUT2D eigenvalue weighted by Crippen LogP contribution is -1.84. The van der Waals surface area contributed by atoms with Crippen molar-refractivity contribution in [3.8, 4) is 0 Å². The number of benzene rings is 2. The van der Waals surface area contributed by atoms with E-state index in [9.17, 15) is 0 Å². The van der Waals surface area contributed by atoms with Gasteiger partial charge in [0.25, 0.3) is 0 Å².